The molecule has 1 unspecified atom stereocenters. The van der Waals surface area contributed by atoms with Gasteiger partial charge in [0.1, 0.15) is 15.7 Å². The molecular weight excluding hydrogens is 490 g/mol. The van der Waals surface area contributed by atoms with Crippen LogP contribution in [0.2, 0.25) is 0 Å². The van der Waals surface area contributed by atoms with E-state index in [0.29, 0.717) is 44.7 Å². The predicted octanol–water partition coefficient (Wildman–Crippen LogP) is 4.96. The number of anilines is 1. The molecule has 0 spiro atoms. The Morgan fingerprint density at radius 2 is 1.86 bits per heavy atom. The molecule has 2 aromatic carbocycles. The molecule has 0 fully saturated rings. The second kappa shape index (κ2) is 11.3. The number of benzene rings is 2. The van der Waals surface area contributed by atoms with Gasteiger partial charge >= 0.3 is 5.97 Å². The highest BCUT2D eigenvalue weighted by Gasteiger charge is 2.25. The summed E-state index contributed by atoms with van der Waals surface area (Å²) >= 11 is 1.10. The Kier molecular flexibility index (Phi) is 7.93. The highest BCUT2D eigenvalue weighted by atomic mass is 32.1. The zero-order chi connectivity index (χ0) is 26.5. The van der Waals surface area contributed by atoms with E-state index in [4.69, 9.17) is 4.74 Å². The minimum Gasteiger partial charge on any atom is -0.461 e. The summed E-state index contributed by atoms with van der Waals surface area (Å²) in [5.41, 5.74) is 2.08. The summed E-state index contributed by atoms with van der Waals surface area (Å²) in [6.07, 6.45) is 2.26. The standard InChI is InChI=1S/C28H27N3O5S/c1-4-22(25(33)30-21-12-8-11-20(15-21)18(3)32)31-16-29-26-23(27(31)34)17(2)24(37-26)28(35)36-14-13-19-9-6-5-7-10-19/h5-12,15-16,22H,4,13-14H2,1-3H3,(H,30,33). The summed E-state index contributed by atoms with van der Waals surface area (Å²) in [6.45, 7) is 5.15. The number of ether oxygens (including phenoxy) is 1. The third-order valence-electron chi connectivity index (χ3n) is 6.09. The lowest BCUT2D eigenvalue weighted by atomic mass is 10.1. The molecule has 1 atom stereocenters. The van der Waals surface area contributed by atoms with E-state index in [9.17, 15) is 19.2 Å². The first-order chi connectivity index (χ1) is 17.8. The summed E-state index contributed by atoms with van der Waals surface area (Å²) < 4.78 is 6.75. The molecule has 0 aliphatic carbocycles. The van der Waals surface area contributed by atoms with E-state index in [1.165, 1.54) is 17.8 Å². The van der Waals surface area contributed by atoms with E-state index in [2.05, 4.69) is 10.3 Å². The van der Waals surface area contributed by atoms with Gasteiger partial charge in [0.25, 0.3) is 5.56 Å². The van der Waals surface area contributed by atoms with E-state index in [0.717, 1.165) is 16.9 Å². The Hall–Kier alpha value is -4.11. The van der Waals surface area contributed by atoms with Crippen LogP contribution >= 0.6 is 11.3 Å². The molecule has 1 N–H and O–H groups in total. The van der Waals surface area contributed by atoms with Crippen LogP contribution in [0.4, 0.5) is 5.69 Å². The van der Waals surface area contributed by atoms with Crippen molar-refractivity contribution < 1.29 is 19.1 Å². The van der Waals surface area contributed by atoms with Crippen molar-refractivity contribution in [1.29, 1.82) is 0 Å². The third-order valence-corrected chi connectivity index (χ3v) is 7.27. The minimum absolute atomic E-state index is 0.114. The Bertz CT molecular complexity index is 1520. The predicted molar refractivity (Wildman–Crippen MR) is 143 cm³/mol. The molecule has 2 heterocycles. The maximum absolute atomic E-state index is 13.4. The second-order valence-corrected chi connectivity index (χ2v) is 9.61. The first-order valence-electron chi connectivity index (χ1n) is 11.9. The number of ketones is 1. The maximum Gasteiger partial charge on any atom is 0.348 e. The molecule has 4 rings (SSSR count). The van der Waals surface area contributed by atoms with Gasteiger partial charge < -0.3 is 10.1 Å². The molecule has 8 nitrogen and oxygen atoms in total. The summed E-state index contributed by atoms with van der Waals surface area (Å²) in [5, 5.41) is 3.08. The van der Waals surface area contributed by atoms with Crippen LogP contribution in [0.3, 0.4) is 0 Å². The summed E-state index contributed by atoms with van der Waals surface area (Å²) in [7, 11) is 0. The van der Waals surface area contributed by atoms with Crippen molar-refractivity contribution in [2.24, 2.45) is 0 Å². The van der Waals surface area contributed by atoms with Crippen molar-refractivity contribution in [3.05, 3.63) is 92.8 Å². The first kappa shape index (κ1) is 26.0. The molecule has 0 bridgehead atoms. The fourth-order valence-electron chi connectivity index (χ4n) is 4.08. The summed E-state index contributed by atoms with van der Waals surface area (Å²) in [4.78, 5) is 56.1. The van der Waals surface area contributed by atoms with Crippen LogP contribution in [0, 0.1) is 6.92 Å². The van der Waals surface area contributed by atoms with Crippen LogP contribution in [-0.2, 0) is 16.0 Å². The first-order valence-corrected chi connectivity index (χ1v) is 12.7. The van der Waals surface area contributed by atoms with Gasteiger partial charge in [0.2, 0.25) is 5.91 Å². The number of Topliss-reactive ketones (excluding diaryl/α,β-unsaturated/α-hetero) is 1. The SMILES string of the molecule is CCC(C(=O)Nc1cccc(C(C)=O)c1)n1cnc2sc(C(=O)OCCc3ccccc3)c(C)c2c1=O. The summed E-state index contributed by atoms with van der Waals surface area (Å²) in [6, 6.07) is 15.5. The molecule has 0 saturated carbocycles. The van der Waals surface area contributed by atoms with Crippen LogP contribution in [0.15, 0.2) is 65.7 Å². The lowest BCUT2D eigenvalue weighted by Gasteiger charge is -2.18. The van der Waals surface area contributed by atoms with Crippen LogP contribution in [0.25, 0.3) is 10.2 Å². The molecule has 4 aromatic rings. The Morgan fingerprint density at radius 3 is 2.57 bits per heavy atom. The Morgan fingerprint density at radius 1 is 1.11 bits per heavy atom. The number of aryl methyl sites for hydroxylation is 1. The average Bonchev–Trinajstić information content (AvgIpc) is 3.23. The number of fused-ring (bicyclic) bond motifs is 1. The molecule has 1 amide bonds. The van der Waals surface area contributed by atoms with Crippen LogP contribution < -0.4 is 10.9 Å². The molecule has 190 valence electrons. The van der Waals surface area contributed by atoms with E-state index >= 15 is 0 Å². The van der Waals surface area contributed by atoms with Gasteiger partial charge in [0.15, 0.2) is 5.78 Å². The molecular formula is C28H27N3O5S. The molecule has 37 heavy (non-hydrogen) atoms. The van der Waals surface area contributed by atoms with Gasteiger partial charge in [0, 0.05) is 17.7 Å². The van der Waals surface area contributed by atoms with Gasteiger partial charge in [-0.05, 0) is 43.5 Å². The number of esters is 1. The molecule has 0 saturated heterocycles. The van der Waals surface area contributed by atoms with Crippen molar-refractivity contribution >= 4 is 44.9 Å². The van der Waals surface area contributed by atoms with Crippen molar-refractivity contribution in [2.75, 3.05) is 11.9 Å². The normalized spacial score (nSPS) is 11.8. The van der Waals surface area contributed by atoms with Crippen LogP contribution in [0.1, 0.15) is 57.5 Å². The second-order valence-electron chi connectivity index (χ2n) is 8.62. The lowest BCUT2D eigenvalue weighted by molar-refractivity contribution is -0.119. The van der Waals surface area contributed by atoms with E-state index in [1.807, 2.05) is 30.3 Å². The highest BCUT2D eigenvalue weighted by molar-refractivity contribution is 7.20. The van der Waals surface area contributed by atoms with E-state index in [-0.39, 0.29) is 12.4 Å². The van der Waals surface area contributed by atoms with Gasteiger partial charge in [-0.3, -0.25) is 19.0 Å². The Labute approximate surface area is 217 Å². The molecule has 0 aliphatic heterocycles. The van der Waals surface area contributed by atoms with Gasteiger partial charge in [-0.25, -0.2) is 9.78 Å². The maximum atomic E-state index is 13.4. The van der Waals surface area contributed by atoms with Gasteiger partial charge in [0.05, 0.1) is 18.3 Å². The fraction of sp³-hybridized carbons (Fsp3) is 0.250. The minimum atomic E-state index is -0.828. The van der Waals surface area contributed by atoms with Crippen molar-refractivity contribution in [1.82, 2.24) is 9.55 Å². The molecule has 2 aromatic heterocycles. The number of hydrogen-bond acceptors (Lipinski definition) is 7. The smallest absolute Gasteiger partial charge is 0.348 e. The van der Waals surface area contributed by atoms with Gasteiger partial charge in [-0.15, -0.1) is 11.3 Å². The number of hydrogen-bond donors (Lipinski definition) is 1. The number of thiophene rings is 1. The van der Waals surface area contributed by atoms with Crippen LogP contribution in [-0.4, -0.2) is 33.8 Å². The van der Waals surface area contributed by atoms with Gasteiger partial charge in [-0.2, -0.15) is 0 Å². The highest BCUT2D eigenvalue weighted by Crippen LogP contribution is 2.28. The van der Waals surface area contributed by atoms with Crippen molar-refractivity contribution in [2.45, 2.75) is 39.7 Å². The van der Waals surface area contributed by atoms with Crippen LogP contribution in [0.5, 0.6) is 0 Å². The number of nitrogens with zero attached hydrogens (tertiary/aromatic N) is 2. The van der Waals surface area contributed by atoms with E-state index < -0.39 is 23.5 Å². The summed E-state index contributed by atoms with van der Waals surface area (Å²) in [5.74, 6) is -1.02. The average molecular weight is 518 g/mol. The number of rotatable bonds is 9. The molecule has 0 radical (unpaired) electrons. The number of aromatic nitrogens is 2. The quantitative estimate of drug-likeness (QED) is 0.248. The Balaban J connectivity index is 1.55. The largest absolute Gasteiger partial charge is 0.461 e. The number of carbonyl (C=O) groups excluding carboxylic acids is 3. The zero-order valence-corrected chi connectivity index (χ0v) is 21.6. The van der Waals surface area contributed by atoms with Crippen molar-refractivity contribution in [3.63, 3.8) is 0 Å². The zero-order valence-electron chi connectivity index (χ0n) is 20.8. The monoisotopic (exact) mass is 517 g/mol. The number of amides is 1. The fourth-order valence-corrected chi connectivity index (χ4v) is 5.11. The lowest BCUT2D eigenvalue weighted by Crippen LogP contribution is -2.33. The van der Waals surface area contributed by atoms with Gasteiger partial charge in [-0.1, -0.05) is 49.4 Å². The third kappa shape index (κ3) is 5.67. The topological polar surface area (TPSA) is 107 Å². The number of nitrogens with one attached hydrogen (secondary N) is 1. The number of carbonyl (C=O) groups is 3. The van der Waals surface area contributed by atoms with Crippen molar-refractivity contribution in [3.8, 4) is 0 Å². The molecule has 9 heteroatoms. The van der Waals surface area contributed by atoms with E-state index in [1.54, 1.807) is 38.1 Å². The molecule has 0 aliphatic rings.